The second-order valence-corrected chi connectivity index (χ2v) is 2.67. The first-order valence-corrected chi connectivity index (χ1v) is 3.71. The fourth-order valence-electron chi connectivity index (χ4n) is 1.16. The zero-order valence-electron chi connectivity index (χ0n) is 6.51. The highest BCUT2D eigenvalue weighted by Crippen LogP contribution is 2.10. The van der Waals surface area contributed by atoms with Gasteiger partial charge in [0, 0.05) is 13.1 Å². The average molecular weight is 154 g/mol. The highest BCUT2D eigenvalue weighted by Gasteiger charge is 2.13. The molecule has 1 rings (SSSR count). The molecule has 1 aliphatic heterocycles. The van der Waals surface area contributed by atoms with Gasteiger partial charge in [0.2, 0.25) is 0 Å². The Hall–Kier alpha value is -1.03. The zero-order chi connectivity index (χ0) is 8.27. The van der Waals surface area contributed by atoms with Crippen LogP contribution in [0.5, 0.6) is 0 Å². The third-order valence-corrected chi connectivity index (χ3v) is 1.80. The number of nitrogens with one attached hydrogen (secondary N) is 1. The van der Waals surface area contributed by atoms with E-state index < -0.39 is 0 Å². The molecule has 0 aromatic rings. The van der Waals surface area contributed by atoms with Gasteiger partial charge in [-0.05, 0) is 13.0 Å². The summed E-state index contributed by atoms with van der Waals surface area (Å²) in [4.78, 5) is 1.81. The minimum atomic E-state index is 0.147. The first-order chi connectivity index (χ1) is 5.24. The van der Waals surface area contributed by atoms with E-state index in [-0.39, 0.29) is 5.96 Å². The normalized spacial score (nSPS) is 16.8. The molecule has 0 amide bonds. The SMILES string of the molecule is N=C(N)N1CC=C(CCN)C1. The molecule has 0 spiro atoms. The van der Waals surface area contributed by atoms with Crippen LogP contribution < -0.4 is 11.5 Å². The molecule has 5 N–H and O–H groups in total. The van der Waals surface area contributed by atoms with Gasteiger partial charge in [-0.3, -0.25) is 5.41 Å². The zero-order valence-corrected chi connectivity index (χ0v) is 6.51. The maximum Gasteiger partial charge on any atom is 0.188 e. The van der Waals surface area contributed by atoms with Crippen LogP contribution in [-0.2, 0) is 0 Å². The smallest absolute Gasteiger partial charge is 0.188 e. The maximum absolute atomic E-state index is 7.15. The van der Waals surface area contributed by atoms with E-state index >= 15 is 0 Å². The van der Waals surface area contributed by atoms with Crippen molar-refractivity contribution in [3.63, 3.8) is 0 Å². The van der Waals surface area contributed by atoms with Crippen molar-refractivity contribution in [2.75, 3.05) is 19.6 Å². The van der Waals surface area contributed by atoms with Crippen LogP contribution in [0.15, 0.2) is 11.6 Å². The van der Waals surface area contributed by atoms with E-state index in [9.17, 15) is 0 Å². The van der Waals surface area contributed by atoms with Crippen molar-refractivity contribution in [2.24, 2.45) is 11.5 Å². The monoisotopic (exact) mass is 154 g/mol. The third kappa shape index (κ3) is 1.94. The fourth-order valence-corrected chi connectivity index (χ4v) is 1.16. The van der Waals surface area contributed by atoms with Crippen LogP contribution in [0.4, 0.5) is 0 Å². The van der Waals surface area contributed by atoms with Gasteiger partial charge in [0.05, 0.1) is 0 Å². The molecule has 0 radical (unpaired) electrons. The molecule has 1 aliphatic rings. The van der Waals surface area contributed by atoms with Gasteiger partial charge in [0.1, 0.15) is 0 Å². The average Bonchev–Trinajstić information content (AvgIpc) is 2.37. The van der Waals surface area contributed by atoms with Crippen molar-refractivity contribution in [3.8, 4) is 0 Å². The maximum atomic E-state index is 7.15. The third-order valence-electron chi connectivity index (χ3n) is 1.80. The molecule has 0 atom stereocenters. The molecule has 0 saturated heterocycles. The van der Waals surface area contributed by atoms with E-state index in [2.05, 4.69) is 6.08 Å². The minimum absolute atomic E-state index is 0.147. The molecule has 0 saturated carbocycles. The van der Waals surface area contributed by atoms with E-state index in [1.807, 2.05) is 4.90 Å². The summed E-state index contributed by atoms with van der Waals surface area (Å²) < 4.78 is 0. The predicted molar refractivity (Wildman–Crippen MR) is 45.2 cm³/mol. The summed E-state index contributed by atoms with van der Waals surface area (Å²) in [6, 6.07) is 0. The van der Waals surface area contributed by atoms with Crippen molar-refractivity contribution in [1.29, 1.82) is 5.41 Å². The van der Waals surface area contributed by atoms with Crippen molar-refractivity contribution >= 4 is 5.96 Å². The van der Waals surface area contributed by atoms with Crippen molar-refractivity contribution in [3.05, 3.63) is 11.6 Å². The van der Waals surface area contributed by atoms with E-state index in [0.29, 0.717) is 6.54 Å². The fraction of sp³-hybridized carbons (Fsp3) is 0.571. The van der Waals surface area contributed by atoms with Gasteiger partial charge in [-0.15, -0.1) is 0 Å². The predicted octanol–water partition coefficient (Wildman–Crippen LogP) is -0.529. The Morgan fingerprint density at radius 2 is 2.45 bits per heavy atom. The van der Waals surface area contributed by atoms with Gasteiger partial charge in [0.15, 0.2) is 5.96 Å². The molecule has 1 heterocycles. The Kier molecular flexibility index (Phi) is 2.48. The summed E-state index contributed by atoms with van der Waals surface area (Å²) in [5.41, 5.74) is 12.0. The molecule has 0 aromatic heterocycles. The molecule has 0 bridgehead atoms. The number of rotatable bonds is 2. The van der Waals surface area contributed by atoms with Gasteiger partial charge in [-0.2, -0.15) is 0 Å². The molecular weight excluding hydrogens is 140 g/mol. The number of nitrogens with zero attached hydrogens (tertiary/aromatic N) is 1. The topological polar surface area (TPSA) is 79.1 Å². The van der Waals surface area contributed by atoms with Crippen LogP contribution in [0.25, 0.3) is 0 Å². The summed E-state index contributed by atoms with van der Waals surface area (Å²) in [7, 11) is 0. The quantitative estimate of drug-likeness (QED) is 0.284. The molecular formula is C7H14N4. The standard InChI is InChI=1S/C7H14N4/c8-3-1-6-2-4-11(5-6)7(9)10/h2H,1,3-5,8H2,(H3,9,10). The van der Waals surface area contributed by atoms with Gasteiger partial charge in [0.25, 0.3) is 0 Å². The lowest BCUT2D eigenvalue weighted by atomic mass is 10.2. The lowest BCUT2D eigenvalue weighted by Gasteiger charge is -2.14. The molecule has 0 fully saturated rings. The molecule has 0 aliphatic carbocycles. The van der Waals surface area contributed by atoms with Crippen molar-refractivity contribution < 1.29 is 0 Å². The van der Waals surface area contributed by atoms with Crippen LogP contribution in [-0.4, -0.2) is 30.5 Å². The van der Waals surface area contributed by atoms with E-state index in [0.717, 1.165) is 19.5 Å². The first-order valence-electron chi connectivity index (χ1n) is 3.71. The Balaban J connectivity index is 2.36. The molecule has 0 aromatic carbocycles. The summed E-state index contributed by atoms with van der Waals surface area (Å²) >= 11 is 0. The van der Waals surface area contributed by atoms with Gasteiger partial charge in [-0.25, -0.2) is 0 Å². The highest BCUT2D eigenvalue weighted by atomic mass is 15.2. The van der Waals surface area contributed by atoms with Crippen molar-refractivity contribution in [2.45, 2.75) is 6.42 Å². The Labute approximate surface area is 66.4 Å². The number of hydrogen-bond acceptors (Lipinski definition) is 2. The number of guanidine groups is 1. The summed E-state index contributed by atoms with van der Waals surface area (Å²) in [5.74, 6) is 0.147. The lowest BCUT2D eigenvalue weighted by molar-refractivity contribution is 0.518. The van der Waals surface area contributed by atoms with Crippen molar-refractivity contribution in [1.82, 2.24) is 4.90 Å². The molecule has 4 nitrogen and oxygen atoms in total. The van der Waals surface area contributed by atoms with Crippen LogP contribution in [0.2, 0.25) is 0 Å². The Morgan fingerprint density at radius 1 is 1.73 bits per heavy atom. The highest BCUT2D eigenvalue weighted by molar-refractivity contribution is 5.75. The van der Waals surface area contributed by atoms with E-state index in [1.165, 1.54) is 5.57 Å². The summed E-state index contributed by atoms with van der Waals surface area (Å²) in [5, 5.41) is 7.15. The number of nitrogens with two attached hydrogens (primary N) is 2. The largest absolute Gasteiger partial charge is 0.370 e. The molecule has 4 heteroatoms. The van der Waals surface area contributed by atoms with E-state index in [1.54, 1.807) is 0 Å². The minimum Gasteiger partial charge on any atom is -0.370 e. The second kappa shape index (κ2) is 3.39. The van der Waals surface area contributed by atoms with Crippen LogP contribution in [0, 0.1) is 5.41 Å². The molecule has 11 heavy (non-hydrogen) atoms. The van der Waals surface area contributed by atoms with Gasteiger partial charge >= 0.3 is 0 Å². The van der Waals surface area contributed by atoms with E-state index in [4.69, 9.17) is 16.9 Å². The Bertz CT molecular complexity index is 185. The van der Waals surface area contributed by atoms with Crippen LogP contribution in [0.3, 0.4) is 0 Å². The summed E-state index contributed by atoms with van der Waals surface area (Å²) in [6.45, 7) is 2.23. The number of hydrogen-bond donors (Lipinski definition) is 3. The Morgan fingerprint density at radius 3 is 2.91 bits per heavy atom. The van der Waals surface area contributed by atoms with Crippen LogP contribution >= 0.6 is 0 Å². The molecule has 0 unspecified atom stereocenters. The van der Waals surface area contributed by atoms with Gasteiger partial charge < -0.3 is 16.4 Å². The second-order valence-electron chi connectivity index (χ2n) is 2.67. The molecule has 62 valence electrons. The lowest BCUT2D eigenvalue weighted by Crippen LogP contribution is -2.34. The van der Waals surface area contributed by atoms with Gasteiger partial charge in [-0.1, -0.05) is 11.6 Å². The van der Waals surface area contributed by atoms with Crippen LogP contribution in [0.1, 0.15) is 6.42 Å². The first kappa shape index (κ1) is 8.07. The summed E-state index contributed by atoms with van der Waals surface area (Å²) in [6.07, 6.45) is 3.01.